The van der Waals surface area contributed by atoms with E-state index in [1.165, 1.54) is 18.5 Å². The molecule has 1 N–H and O–H groups in total. The van der Waals surface area contributed by atoms with Gasteiger partial charge in [0, 0.05) is 23.9 Å². The monoisotopic (exact) mass is 306 g/mol. The number of hydrogen-bond acceptors (Lipinski definition) is 5. The molecule has 6 nitrogen and oxygen atoms in total. The van der Waals surface area contributed by atoms with Crippen LogP contribution >= 0.6 is 11.6 Å². The second kappa shape index (κ2) is 6.99. The topological polar surface area (TPSA) is 81.0 Å². The fourth-order valence-electron chi connectivity index (χ4n) is 1.92. The van der Waals surface area contributed by atoms with Gasteiger partial charge in [0.05, 0.1) is 4.92 Å². The summed E-state index contributed by atoms with van der Waals surface area (Å²) in [5.74, 6) is 0.508. The van der Waals surface area contributed by atoms with Gasteiger partial charge in [-0.3, -0.25) is 10.1 Å². The molecule has 0 saturated heterocycles. The second-order valence-electron chi connectivity index (χ2n) is 4.55. The molecule has 2 aromatic rings. The molecule has 0 fully saturated rings. The molecule has 0 bridgehead atoms. The number of rotatable bonds is 6. The first-order valence-corrected chi connectivity index (χ1v) is 7.00. The third kappa shape index (κ3) is 4.13. The van der Waals surface area contributed by atoms with Crippen molar-refractivity contribution in [1.29, 1.82) is 0 Å². The molecule has 0 radical (unpaired) electrons. The number of aryl methyl sites for hydroxylation is 1. The maximum atomic E-state index is 10.9. The highest BCUT2D eigenvalue weighted by molar-refractivity contribution is 6.29. The summed E-state index contributed by atoms with van der Waals surface area (Å²) in [5, 5.41) is 14.3. The highest BCUT2D eigenvalue weighted by atomic mass is 35.5. The molecule has 0 aliphatic heterocycles. The van der Waals surface area contributed by atoms with Crippen molar-refractivity contribution < 1.29 is 4.92 Å². The van der Waals surface area contributed by atoms with Gasteiger partial charge in [-0.05, 0) is 18.4 Å². The van der Waals surface area contributed by atoms with Crippen LogP contribution in [-0.4, -0.2) is 14.9 Å². The summed E-state index contributed by atoms with van der Waals surface area (Å²) < 4.78 is 0. The number of nitro benzene ring substituents is 1. The maximum Gasteiger partial charge on any atom is 0.271 e. The Bertz CT molecular complexity index is 649. The number of halogens is 1. The molecular weight excluding hydrogens is 292 g/mol. The zero-order valence-corrected chi connectivity index (χ0v) is 12.3. The Morgan fingerprint density at radius 1 is 1.33 bits per heavy atom. The lowest BCUT2D eigenvalue weighted by atomic mass is 10.1. The normalized spacial score (nSPS) is 10.4. The van der Waals surface area contributed by atoms with Crippen LogP contribution in [0.2, 0.25) is 5.15 Å². The molecule has 1 aromatic heterocycles. The number of non-ortho nitro benzene ring substituents is 1. The molecule has 0 amide bonds. The van der Waals surface area contributed by atoms with Crippen LogP contribution in [0, 0.1) is 10.1 Å². The predicted molar refractivity (Wildman–Crippen MR) is 82.0 cm³/mol. The fourth-order valence-corrected chi connectivity index (χ4v) is 2.07. The largest absolute Gasteiger partial charge is 0.340 e. The van der Waals surface area contributed by atoms with E-state index in [-0.39, 0.29) is 5.69 Å². The fraction of sp³-hybridized carbons (Fsp3) is 0.286. The zero-order chi connectivity index (χ0) is 15.2. The first kappa shape index (κ1) is 15.2. The van der Waals surface area contributed by atoms with Crippen molar-refractivity contribution in [3.05, 3.63) is 51.4 Å². The van der Waals surface area contributed by atoms with Gasteiger partial charge in [-0.2, -0.15) is 0 Å². The summed E-state index contributed by atoms with van der Waals surface area (Å²) >= 11 is 5.82. The highest BCUT2D eigenvalue weighted by Gasteiger charge is 2.11. The standard InChI is InChI=1S/C14H15ClN4O2/c1-2-3-4-10-5-6-11(19(20)21)7-12(10)18-14-8-13(15)16-9-17-14/h5-9H,2-4H2,1H3,(H,16,17,18). The molecule has 0 aliphatic carbocycles. The van der Waals surface area contributed by atoms with Crippen LogP contribution in [0.15, 0.2) is 30.6 Å². The third-order valence-corrected chi connectivity index (χ3v) is 3.21. The molecule has 2 rings (SSSR count). The van der Waals surface area contributed by atoms with Gasteiger partial charge < -0.3 is 5.32 Å². The van der Waals surface area contributed by atoms with Crippen LogP contribution in [0.5, 0.6) is 0 Å². The lowest BCUT2D eigenvalue weighted by molar-refractivity contribution is -0.384. The summed E-state index contributed by atoms with van der Waals surface area (Å²) in [7, 11) is 0. The van der Waals surface area contributed by atoms with E-state index in [2.05, 4.69) is 22.2 Å². The molecule has 0 unspecified atom stereocenters. The van der Waals surface area contributed by atoms with Crippen LogP contribution in [0.25, 0.3) is 0 Å². The second-order valence-corrected chi connectivity index (χ2v) is 4.94. The number of unbranched alkanes of at least 4 members (excludes halogenated alkanes) is 1. The van der Waals surface area contributed by atoms with E-state index in [1.54, 1.807) is 12.1 Å². The minimum atomic E-state index is -0.415. The Labute approximate surface area is 127 Å². The van der Waals surface area contributed by atoms with E-state index in [9.17, 15) is 10.1 Å². The molecule has 0 aliphatic rings. The smallest absolute Gasteiger partial charge is 0.271 e. The van der Waals surface area contributed by atoms with E-state index in [1.807, 2.05) is 0 Å². The molecule has 0 saturated carbocycles. The average Bonchev–Trinajstić information content (AvgIpc) is 2.46. The van der Waals surface area contributed by atoms with Gasteiger partial charge in [0.25, 0.3) is 5.69 Å². The van der Waals surface area contributed by atoms with Gasteiger partial charge in [-0.25, -0.2) is 9.97 Å². The lowest BCUT2D eigenvalue weighted by Gasteiger charge is -2.11. The van der Waals surface area contributed by atoms with Crippen LogP contribution in [-0.2, 0) is 6.42 Å². The number of nitro groups is 1. The van der Waals surface area contributed by atoms with Gasteiger partial charge in [0.2, 0.25) is 0 Å². The summed E-state index contributed by atoms with van der Waals surface area (Å²) in [6, 6.07) is 6.38. The molecule has 21 heavy (non-hydrogen) atoms. The highest BCUT2D eigenvalue weighted by Crippen LogP contribution is 2.27. The Morgan fingerprint density at radius 2 is 2.14 bits per heavy atom. The first-order chi connectivity index (χ1) is 10.1. The van der Waals surface area contributed by atoms with Crippen molar-refractivity contribution in [3.8, 4) is 0 Å². The molecular formula is C14H15ClN4O2. The van der Waals surface area contributed by atoms with Crippen molar-refractivity contribution in [2.24, 2.45) is 0 Å². The van der Waals surface area contributed by atoms with E-state index < -0.39 is 4.92 Å². The van der Waals surface area contributed by atoms with Gasteiger partial charge in [0.1, 0.15) is 17.3 Å². The first-order valence-electron chi connectivity index (χ1n) is 6.62. The van der Waals surface area contributed by atoms with Crippen LogP contribution in [0.4, 0.5) is 17.2 Å². The summed E-state index contributed by atoms with van der Waals surface area (Å²) in [4.78, 5) is 18.4. The molecule has 110 valence electrons. The number of nitrogens with zero attached hydrogens (tertiary/aromatic N) is 3. The van der Waals surface area contributed by atoms with Gasteiger partial charge in [0.15, 0.2) is 0 Å². The molecule has 1 heterocycles. The van der Waals surface area contributed by atoms with Gasteiger partial charge in [-0.1, -0.05) is 31.0 Å². The van der Waals surface area contributed by atoms with Crippen molar-refractivity contribution in [2.75, 3.05) is 5.32 Å². The molecule has 0 spiro atoms. The summed E-state index contributed by atoms with van der Waals surface area (Å²) in [5.41, 5.74) is 1.72. The van der Waals surface area contributed by atoms with Crippen LogP contribution in [0.1, 0.15) is 25.3 Å². The molecule has 0 atom stereocenters. The van der Waals surface area contributed by atoms with Crippen molar-refractivity contribution in [1.82, 2.24) is 9.97 Å². The minimum Gasteiger partial charge on any atom is -0.340 e. The van der Waals surface area contributed by atoms with Crippen LogP contribution in [0.3, 0.4) is 0 Å². The van der Waals surface area contributed by atoms with Crippen molar-refractivity contribution >= 4 is 28.8 Å². The van der Waals surface area contributed by atoms with E-state index in [0.29, 0.717) is 16.7 Å². The quantitative estimate of drug-likeness (QED) is 0.493. The Morgan fingerprint density at radius 3 is 2.81 bits per heavy atom. The Kier molecular flexibility index (Phi) is 5.05. The number of aromatic nitrogens is 2. The minimum absolute atomic E-state index is 0.0397. The SMILES string of the molecule is CCCCc1ccc([N+](=O)[O-])cc1Nc1cc(Cl)ncn1. The van der Waals surface area contributed by atoms with Crippen molar-refractivity contribution in [2.45, 2.75) is 26.2 Å². The number of hydrogen-bond donors (Lipinski definition) is 1. The van der Waals surface area contributed by atoms with Gasteiger partial charge in [-0.15, -0.1) is 0 Å². The average molecular weight is 307 g/mol. The Balaban J connectivity index is 2.33. The number of nitrogens with one attached hydrogen (secondary N) is 1. The molecule has 7 heteroatoms. The number of benzene rings is 1. The summed E-state index contributed by atoms with van der Waals surface area (Å²) in [6.45, 7) is 2.10. The Hall–Kier alpha value is -2.21. The van der Waals surface area contributed by atoms with Crippen molar-refractivity contribution in [3.63, 3.8) is 0 Å². The predicted octanol–water partition coefficient (Wildman–Crippen LogP) is 4.12. The van der Waals surface area contributed by atoms with Crippen LogP contribution < -0.4 is 5.32 Å². The molecule has 1 aromatic carbocycles. The zero-order valence-electron chi connectivity index (χ0n) is 11.5. The maximum absolute atomic E-state index is 10.9. The van der Waals surface area contributed by atoms with Gasteiger partial charge >= 0.3 is 0 Å². The third-order valence-electron chi connectivity index (χ3n) is 3.00. The van der Waals surface area contributed by atoms with E-state index >= 15 is 0 Å². The van der Waals surface area contributed by atoms with E-state index in [4.69, 9.17) is 11.6 Å². The van der Waals surface area contributed by atoms with E-state index in [0.717, 1.165) is 24.8 Å². The summed E-state index contributed by atoms with van der Waals surface area (Å²) in [6.07, 6.45) is 4.25. The number of anilines is 2. The lowest BCUT2D eigenvalue weighted by Crippen LogP contribution is -2.00.